The van der Waals surface area contributed by atoms with Crippen molar-refractivity contribution in [1.29, 1.82) is 5.39 Å². The van der Waals surface area contributed by atoms with E-state index in [0.29, 0.717) is 6.54 Å². The first-order valence-corrected chi connectivity index (χ1v) is 3.94. The third-order valence-electron chi connectivity index (χ3n) is 1.55. The van der Waals surface area contributed by atoms with E-state index in [2.05, 4.69) is 10.3 Å². The van der Waals surface area contributed by atoms with Gasteiger partial charge in [0.15, 0.2) is 0 Å². The fraction of sp³-hybridized carbons (Fsp3) is 0.222. The molecular weight excluding hydrogens is 166 g/mol. The molecule has 4 heteroatoms. The molecule has 0 saturated heterocycles. The lowest BCUT2D eigenvalue weighted by Gasteiger charge is -1.99. The molecule has 1 N–H and O–H groups in total. The lowest BCUT2D eigenvalue weighted by molar-refractivity contribution is -0.119. The molecule has 0 heterocycles. The highest BCUT2D eigenvalue weighted by atomic mass is 16.1. The molecule has 1 amide bonds. The summed E-state index contributed by atoms with van der Waals surface area (Å²) < 4.78 is 0. The van der Waals surface area contributed by atoms with Crippen LogP contribution in [0.2, 0.25) is 0 Å². The molecule has 66 valence electrons. The normalized spacial score (nSPS) is 8.85. The molecular formula is C9H10N3O+. The van der Waals surface area contributed by atoms with Gasteiger partial charge in [0.1, 0.15) is 4.98 Å². The Balaban J connectivity index is 2.36. The van der Waals surface area contributed by atoms with E-state index in [1.54, 1.807) is 0 Å². The molecule has 0 bridgehead atoms. The van der Waals surface area contributed by atoms with Crippen LogP contribution in [-0.2, 0) is 11.3 Å². The highest BCUT2D eigenvalue weighted by molar-refractivity contribution is 5.79. The average Bonchev–Trinajstić information content (AvgIpc) is 2.17. The smallest absolute Gasteiger partial charge is 0.345 e. The van der Waals surface area contributed by atoms with Crippen molar-refractivity contribution in [2.75, 3.05) is 6.54 Å². The summed E-state index contributed by atoms with van der Waals surface area (Å²) in [7, 11) is 0. The topological polar surface area (TPSA) is 57.2 Å². The predicted molar refractivity (Wildman–Crippen MR) is 48.2 cm³/mol. The lowest BCUT2D eigenvalue weighted by atomic mass is 10.2. The van der Waals surface area contributed by atoms with E-state index in [1.165, 1.54) is 0 Å². The van der Waals surface area contributed by atoms with E-state index < -0.39 is 0 Å². The van der Waals surface area contributed by atoms with Crippen molar-refractivity contribution in [1.82, 2.24) is 5.32 Å². The highest BCUT2D eigenvalue weighted by Gasteiger charge is 2.06. The quantitative estimate of drug-likeness (QED) is 0.702. The molecule has 0 atom stereocenters. The molecule has 1 rings (SSSR count). The Morgan fingerprint density at radius 3 is 2.69 bits per heavy atom. The van der Waals surface area contributed by atoms with Crippen LogP contribution < -0.4 is 5.32 Å². The van der Waals surface area contributed by atoms with E-state index >= 15 is 0 Å². The molecule has 0 radical (unpaired) electrons. The van der Waals surface area contributed by atoms with Gasteiger partial charge in [-0.15, -0.1) is 0 Å². The first-order valence-electron chi connectivity index (χ1n) is 3.94. The lowest BCUT2D eigenvalue weighted by Crippen LogP contribution is -2.24. The summed E-state index contributed by atoms with van der Waals surface area (Å²) in [5.41, 5.74) is 1.02. The SMILES string of the molecule is N#[N+]CC(=O)NCc1ccccc1. The summed E-state index contributed by atoms with van der Waals surface area (Å²) in [5, 5.41) is 10.7. The van der Waals surface area contributed by atoms with Crippen LogP contribution >= 0.6 is 0 Å². The fourth-order valence-corrected chi connectivity index (χ4v) is 0.917. The van der Waals surface area contributed by atoms with Gasteiger partial charge in [0, 0.05) is 6.54 Å². The van der Waals surface area contributed by atoms with E-state index in [9.17, 15) is 4.79 Å². The van der Waals surface area contributed by atoms with Crippen molar-refractivity contribution in [3.05, 3.63) is 40.9 Å². The fourth-order valence-electron chi connectivity index (χ4n) is 0.917. The number of carbonyl (C=O) groups excluding carboxylic acids is 1. The van der Waals surface area contributed by atoms with Gasteiger partial charge in [0.2, 0.25) is 5.39 Å². The first-order chi connectivity index (χ1) is 6.33. The number of carbonyl (C=O) groups is 1. The second-order valence-electron chi connectivity index (χ2n) is 2.56. The number of benzene rings is 1. The van der Waals surface area contributed by atoms with Crippen molar-refractivity contribution in [2.45, 2.75) is 6.54 Å². The third-order valence-corrected chi connectivity index (χ3v) is 1.55. The number of rotatable bonds is 3. The van der Waals surface area contributed by atoms with E-state index in [-0.39, 0.29) is 12.5 Å². The van der Waals surface area contributed by atoms with Crippen molar-refractivity contribution in [2.24, 2.45) is 0 Å². The van der Waals surface area contributed by atoms with Crippen molar-refractivity contribution >= 4 is 5.91 Å². The van der Waals surface area contributed by atoms with Crippen LogP contribution in [0.4, 0.5) is 0 Å². The number of hydrogen-bond donors (Lipinski definition) is 1. The average molecular weight is 176 g/mol. The van der Waals surface area contributed by atoms with E-state index in [0.717, 1.165) is 5.56 Å². The molecule has 0 aliphatic rings. The van der Waals surface area contributed by atoms with Gasteiger partial charge >= 0.3 is 12.5 Å². The zero-order chi connectivity index (χ0) is 9.52. The maximum absolute atomic E-state index is 10.9. The van der Waals surface area contributed by atoms with Gasteiger partial charge in [-0.1, -0.05) is 30.3 Å². The summed E-state index contributed by atoms with van der Waals surface area (Å²) in [6, 6.07) is 9.54. The molecule has 0 aliphatic carbocycles. The van der Waals surface area contributed by atoms with Crippen LogP contribution in [0.15, 0.2) is 30.3 Å². The largest absolute Gasteiger partial charge is 0.381 e. The molecule has 4 nitrogen and oxygen atoms in total. The van der Waals surface area contributed by atoms with E-state index in [4.69, 9.17) is 5.39 Å². The Morgan fingerprint density at radius 1 is 1.38 bits per heavy atom. The number of hydrogen-bond acceptors (Lipinski definition) is 2. The Kier molecular flexibility index (Phi) is 3.45. The second-order valence-corrected chi connectivity index (χ2v) is 2.56. The van der Waals surface area contributed by atoms with Crippen molar-refractivity contribution in [3.63, 3.8) is 0 Å². The number of amides is 1. The molecule has 13 heavy (non-hydrogen) atoms. The molecule has 0 aromatic heterocycles. The van der Waals surface area contributed by atoms with Crippen molar-refractivity contribution in [3.8, 4) is 0 Å². The molecule has 0 spiro atoms. The van der Waals surface area contributed by atoms with Gasteiger partial charge in [-0.25, -0.2) is 0 Å². The van der Waals surface area contributed by atoms with Crippen LogP contribution in [0, 0.1) is 5.39 Å². The van der Waals surface area contributed by atoms with E-state index in [1.807, 2.05) is 30.3 Å². The minimum Gasteiger partial charge on any atom is -0.345 e. The molecule has 1 aromatic carbocycles. The Hall–Kier alpha value is -1.89. The zero-order valence-corrected chi connectivity index (χ0v) is 7.10. The third kappa shape index (κ3) is 3.34. The van der Waals surface area contributed by atoms with Gasteiger partial charge < -0.3 is 5.32 Å². The standard InChI is InChI=1S/C9H9N3O/c10-12-7-9(13)11-6-8-4-2-1-3-5-8/h1-5H,6-7H2/p+1. The summed E-state index contributed by atoms with van der Waals surface area (Å²) in [6.45, 7) is 0.266. The van der Waals surface area contributed by atoms with Gasteiger partial charge in [-0.2, -0.15) is 0 Å². The Labute approximate surface area is 76.2 Å². The van der Waals surface area contributed by atoms with Gasteiger partial charge in [-0.3, -0.25) is 4.79 Å². The van der Waals surface area contributed by atoms with Gasteiger partial charge in [0.25, 0.3) is 0 Å². The monoisotopic (exact) mass is 176 g/mol. The second kappa shape index (κ2) is 4.88. The van der Waals surface area contributed by atoms with Crippen LogP contribution in [0.25, 0.3) is 4.98 Å². The summed E-state index contributed by atoms with van der Waals surface area (Å²) in [4.78, 5) is 13.6. The molecule has 0 aliphatic heterocycles. The van der Waals surface area contributed by atoms with Crippen LogP contribution in [0.3, 0.4) is 0 Å². The maximum atomic E-state index is 10.9. The first kappa shape index (κ1) is 9.20. The number of nitrogens with one attached hydrogen (secondary N) is 1. The Bertz CT molecular complexity index is 315. The number of nitrogens with zero attached hydrogens (tertiary/aromatic N) is 2. The maximum Gasteiger partial charge on any atom is 0.381 e. The molecule has 0 unspecified atom stereocenters. The molecule has 0 fully saturated rings. The Morgan fingerprint density at radius 2 is 2.08 bits per heavy atom. The molecule has 0 saturated carbocycles. The minimum absolute atomic E-state index is 0.202. The summed E-state index contributed by atoms with van der Waals surface area (Å²) in [6.07, 6.45) is 0. The van der Waals surface area contributed by atoms with Gasteiger partial charge in [0.05, 0.1) is 0 Å². The van der Waals surface area contributed by atoms with Crippen LogP contribution in [-0.4, -0.2) is 12.5 Å². The van der Waals surface area contributed by atoms with Crippen molar-refractivity contribution < 1.29 is 4.79 Å². The van der Waals surface area contributed by atoms with Gasteiger partial charge in [-0.05, 0) is 5.56 Å². The number of diazo groups is 1. The minimum atomic E-state index is -0.286. The summed E-state index contributed by atoms with van der Waals surface area (Å²) >= 11 is 0. The van der Waals surface area contributed by atoms with Crippen LogP contribution in [0.1, 0.15) is 5.56 Å². The zero-order valence-electron chi connectivity index (χ0n) is 7.10. The predicted octanol–water partition coefficient (Wildman–Crippen LogP) is 1.16. The van der Waals surface area contributed by atoms with Crippen LogP contribution in [0.5, 0.6) is 0 Å². The summed E-state index contributed by atoms with van der Waals surface area (Å²) in [5.74, 6) is -0.286. The highest BCUT2D eigenvalue weighted by Crippen LogP contribution is 1.96. The molecule has 1 aromatic rings.